The van der Waals surface area contributed by atoms with Crippen LogP contribution < -0.4 is 10.1 Å². The Hall–Kier alpha value is -1.69. The number of hydrogen-bond acceptors (Lipinski definition) is 5. The van der Waals surface area contributed by atoms with Crippen molar-refractivity contribution in [3.05, 3.63) is 17.6 Å². The Morgan fingerprint density at radius 1 is 1.48 bits per heavy atom. The zero-order valence-corrected chi connectivity index (χ0v) is 13.3. The number of nitrogens with zero attached hydrogens (tertiary/aromatic N) is 3. The van der Waals surface area contributed by atoms with E-state index in [9.17, 15) is 4.79 Å². The van der Waals surface area contributed by atoms with E-state index in [2.05, 4.69) is 27.2 Å². The van der Waals surface area contributed by atoms with Crippen molar-refractivity contribution in [2.24, 2.45) is 5.41 Å². The second kappa shape index (κ2) is 6.39. The van der Waals surface area contributed by atoms with Gasteiger partial charge in [-0.1, -0.05) is 6.92 Å². The summed E-state index contributed by atoms with van der Waals surface area (Å²) in [6.45, 7) is 6.15. The molecule has 1 aliphatic heterocycles. The number of hydrogen-bond donors (Lipinski definition) is 1. The number of carbonyl (C=O) groups excluding carboxylic acids is 1. The monoisotopic (exact) mass is 292 g/mol. The van der Waals surface area contributed by atoms with Gasteiger partial charge in [0.05, 0.1) is 19.3 Å². The second-order valence-corrected chi connectivity index (χ2v) is 6.01. The summed E-state index contributed by atoms with van der Waals surface area (Å²) >= 11 is 0. The third-order valence-electron chi connectivity index (χ3n) is 4.18. The Kier molecular flexibility index (Phi) is 4.77. The van der Waals surface area contributed by atoms with Gasteiger partial charge in [0.1, 0.15) is 5.69 Å². The minimum absolute atomic E-state index is 0.0834. The molecular formula is C15H24N4O2. The van der Waals surface area contributed by atoms with Gasteiger partial charge in [0.2, 0.25) is 11.8 Å². The summed E-state index contributed by atoms with van der Waals surface area (Å²) < 4.78 is 5.21. The van der Waals surface area contributed by atoms with E-state index < -0.39 is 0 Å². The van der Waals surface area contributed by atoms with E-state index in [-0.39, 0.29) is 11.3 Å². The molecule has 1 N–H and O–H groups in total. The van der Waals surface area contributed by atoms with Crippen LogP contribution in [0, 0.1) is 12.3 Å². The van der Waals surface area contributed by atoms with Crippen molar-refractivity contribution < 1.29 is 9.53 Å². The van der Waals surface area contributed by atoms with Gasteiger partial charge in [-0.15, -0.1) is 0 Å². The molecule has 1 fully saturated rings. The molecule has 1 aromatic heterocycles. The third kappa shape index (κ3) is 3.69. The number of nitrogens with one attached hydrogen (secondary N) is 1. The van der Waals surface area contributed by atoms with E-state index in [0.717, 1.165) is 31.6 Å². The van der Waals surface area contributed by atoms with Crippen LogP contribution >= 0.6 is 0 Å². The zero-order valence-electron chi connectivity index (χ0n) is 13.3. The molecule has 0 radical (unpaired) electrons. The van der Waals surface area contributed by atoms with E-state index in [4.69, 9.17) is 4.74 Å². The molecule has 0 aromatic carbocycles. The largest absolute Gasteiger partial charge is 0.480 e. The first-order valence-electron chi connectivity index (χ1n) is 7.28. The van der Waals surface area contributed by atoms with Crippen molar-refractivity contribution in [3.63, 3.8) is 0 Å². The Morgan fingerprint density at radius 3 is 2.76 bits per heavy atom. The summed E-state index contributed by atoms with van der Waals surface area (Å²) in [5, 5.41) is 2.98. The van der Waals surface area contributed by atoms with Crippen LogP contribution in [-0.2, 0) is 11.3 Å². The number of carbonyl (C=O) groups is 1. The average Bonchev–Trinajstić information content (AvgIpc) is 2.48. The van der Waals surface area contributed by atoms with Crippen LogP contribution in [0.15, 0.2) is 6.20 Å². The average molecular weight is 292 g/mol. The summed E-state index contributed by atoms with van der Waals surface area (Å²) in [7, 11) is 3.65. The first-order chi connectivity index (χ1) is 9.94. The lowest BCUT2D eigenvalue weighted by molar-refractivity contribution is -0.132. The predicted molar refractivity (Wildman–Crippen MR) is 80.0 cm³/mol. The van der Waals surface area contributed by atoms with Crippen molar-refractivity contribution in [2.75, 3.05) is 27.2 Å². The van der Waals surface area contributed by atoms with E-state index in [1.165, 1.54) is 0 Å². The molecule has 1 saturated heterocycles. The predicted octanol–water partition coefficient (Wildman–Crippen LogP) is 1.14. The highest BCUT2D eigenvalue weighted by atomic mass is 16.5. The number of rotatable bonds is 4. The van der Waals surface area contributed by atoms with Crippen molar-refractivity contribution >= 4 is 5.91 Å². The molecule has 21 heavy (non-hydrogen) atoms. The second-order valence-electron chi connectivity index (χ2n) is 6.01. The first-order valence-corrected chi connectivity index (χ1v) is 7.28. The van der Waals surface area contributed by atoms with Gasteiger partial charge in [-0.05, 0) is 39.9 Å². The Morgan fingerprint density at radius 2 is 2.14 bits per heavy atom. The van der Waals surface area contributed by atoms with E-state index in [1.54, 1.807) is 13.3 Å². The quantitative estimate of drug-likeness (QED) is 0.901. The first kappa shape index (κ1) is 15.7. The van der Waals surface area contributed by atoms with E-state index in [0.29, 0.717) is 18.1 Å². The summed E-state index contributed by atoms with van der Waals surface area (Å²) in [5.41, 5.74) is 1.16. The lowest BCUT2D eigenvalue weighted by Gasteiger charge is -2.36. The molecule has 0 bridgehead atoms. The number of amides is 1. The van der Waals surface area contributed by atoms with Gasteiger partial charge < -0.3 is 15.0 Å². The maximum atomic E-state index is 12.4. The van der Waals surface area contributed by atoms with Gasteiger partial charge in [0, 0.05) is 11.6 Å². The topological polar surface area (TPSA) is 67.4 Å². The van der Waals surface area contributed by atoms with Gasteiger partial charge in [-0.3, -0.25) is 9.78 Å². The molecule has 6 heteroatoms. The highest BCUT2D eigenvalue weighted by molar-refractivity contribution is 5.82. The van der Waals surface area contributed by atoms with Gasteiger partial charge in [-0.25, -0.2) is 4.98 Å². The number of ether oxygens (including phenoxy) is 1. The number of piperidine rings is 1. The fraction of sp³-hybridized carbons (Fsp3) is 0.667. The smallest absolute Gasteiger partial charge is 0.237 e. The molecule has 1 aromatic rings. The van der Waals surface area contributed by atoms with Crippen LogP contribution in [0.3, 0.4) is 0 Å². The molecule has 0 atom stereocenters. The normalized spacial score (nSPS) is 18.3. The van der Waals surface area contributed by atoms with Crippen LogP contribution in [0.2, 0.25) is 0 Å². The Labute approximate surface area is 125 Å². The summed E-state index contributed by atoms with van der Waals surface area (Å²) in [4.78, 5) is 23.3. The Bertz CT molecular complexity index is 510. The van der Waals surface area contributed by atoms with Crippen molar-refractivity contribution in [2.45, 2.75) is 33.2 Å². The van der Waals surface area contributed by atoms with E-state index in [1.807, 2.05) is 13.8 Å². The summed E-state index contributed by atoms with van der Waals surface area (Å²) in [5.74, 6) is 0.559. The molecule has 0 unspecified atom stereocenters. The molecule has 2 heterocycles. The van der Waals surface area contributed by atoms with Gasteiger partial charge in [0.15, 0.2) is 0 Å². The zero-order chi connectivity index (χ0) is 15.5. The minimum Gasteiger partial charge on any atom is -0.480 e. The van der Waals surface area contributed by atoms with Crippen LogP contribution in [0.4, 0.5) is 0 Å². The van der Waals surface area contributed by atoms with Gasteiger partial charge in [-0.2, -0.15) is 0 Å². The SMILES string of the molecule is COc1nc(C)cnc1CNC(=O)C1(C)CCN(C)CC1. The van der Waals surface area contributed by atoms with Crippen LogP contribution in [0.1, 0.15) is 31.2 Å². The fourth-order valence-electron chi connectivity index (χ4n) is 2.48. The summed E-state index contributed by atoms with van der Waals surface area (Å²) in [6, 6.07) is 0. The fourth-order valence-corrected chi connectivity index (χ4v) is 2.48. The maximum Gasteiger partial charge on any atom is 0.237 e. The highest BCUT2D eigenvalue weighted by Crippen LogP contribution is 2.30. The number of aryl methyl sites for hydroxylation is 1. The molecule has 116 valence electrons. The molecule has 1 aliphatic rings. The van der Waals surface area contributed by atoms with Gasteiger partial charge >= 0.3 is 0 Å². The van der Waals surface area contributed by atoms with Crippen molar-refractivity contribution in [1.29, 1.82) is 0 Å². The van der Waals surface area contributed by atoms with Crippen molar-refractivity contribution in [1.82, 2.24) is 20.2 Å². The van der Waals surface area contributed by atoms with Crippen LogP contribution in [-0.4, -0.2) is 48.0 Å². The van der Waals surface area contributed by atoms with Gasteiger partial charge in [0.25, 0.3) is 0 Å². The molecule has 1 amide bonds. The number of methoxy groups -OCH3 is 1. The lowest BCUT2D eigenvalue weighted by Crippen LogP contribution is -2.46. The van der Waals surface area contributed by atoms with Crippen molar-refractivity contribution in [3.8, 4) is 5.88 Å². The molecular weight excluding hydrogens is 268 g/mol. The molecule has 0 saturated carbocycles. The third-order valence-corrected chi connectivity index (χ3v) is 4.18. The molecule has 0 spiro atoms. The summed E-state index contributed by atoms with van der Waals surface area (Å²) in [6.07, 6.45) is 3.44. The minimum atomic E-state index is -0.294. The highest BCUT2D eigenvalue weighted by Gasteiger charge is 2.35. The molecule has 0 aliphatic carbocycles. The number of aromatic nitrogens is 2. The van der Waals surface area contributed by atoms with Crippen LogP contribution in [0.5, 0.6) is 5.88 Å². The van der Waals surface area contributed by atoms with E-state index >= 15 is 0 Å². The standard InChI is InChI=1S/C15H24N4O2/c1-11-9-16-12(13(18-11)21-4)10-17-14(20)15(2)5-7-19(3)8-6-15/h9H,5-8,10H2,1-4H3,(H,17,20). The van der Waals surface area contributed by atoms with Crippen LogP contribution in [0.25, 0.3) is 0 Å². The maximum absolute atomic E-state index is 12.4. The molecule has 6 nitrogen and oxygen atoms in total. The Balaban J connectivity index is 1.98. The lowest BCUT2D eigenvalue weighted by atomic mass is 9.79. The molecule has 2 rings (SSSR count). The number of likely N-dealkylation sites (tertiary alicyclic amines) is 1.